The minimum Gasteiger partial charge on any atom is -0.451 e. The van der Waals surface area contributed by atoms with Crippen LogP contribution in [0.3, 0.4) is 0 Å². The Balaban J connectivity index is 1.80. The molecule has 3 aromatic heterocycles. The van der Waals surface area contributed by atoms with E-state index < -0.39 is 0 Å². The Morgan fingerprint density at radius 2 is 2.11 bits per heavy atom. The van der Waals surface area contributed by atoms with E-state index in [1.807, 2.05) is 30.3 Å². The maximum Gasteiger partial charge on any atom is 0.294 e. The van der Waals surface area contributed by atoms with Crippen LogP contribution in [0.5, 0.6) is 0 Å². The van der Waals surface area contributed by atoms with Crippen molar-refractivity contribution in [1.82, 2.24) is 25.3 Å². The van der Waals surface area contributed by atoms with Crippen molar-refractivity contribution in [3.63, 3.8) is 0 Å². The summed E-state index contributed by atoms with van der Waals surface area (Å²) in [6, 6.07) is 9.54. The number of hydrogen-bond donors (Lipinski definition) is 1. The molecule has 0 aliphatic heterocycles. The zero-order valence-electron chi connectivity index (χ0n) is 9.57. The molecular formula is C12H7N5O2. The lowest BCUT2D eigenvalue weighted by Crippen LogP contribution is -1.82. The van der Waals surface area contributed by atoms with Crippen LogP contribution in [0.1, 0.15) is 0 Å². The third-order valence-electron chi connectivity index (χ3n) is 2.69. The summed E-state index contributed by atoms with van der Waals surface area (Å²) in [5.41, 5.74) is 0.775. The molecule has 0 saturated carbocycles. The zero-order chi connectivity index (χ0) is 12.7. The van der Waals surface area contributed by atoms with Gasteiger partial charge in [0.25, 0.3) is 5.89 Å². The second kappa shape index (κ2) is 3.77. The number of fused-ring (bicyclic) bond motifs is 1. The lowest BCUT2D eigenvalue weighted by Gasteiger charge is -1.84. The maximum absolute atomic E-state index is 5.64. The fourth-order valence-electron chi connectivity index (χ4n) is 1.82. The van der Waals surface area contributed by atoms with Gasteiger partial charge in [-0.25, -0.2) is 4.98 Å². The SMILES string of the molecule is c1ccc2oc(-c3nc(-c4ncn[nH]4)no3)cc2c1. The van der Waals surface area contributed by atoms with E-state index in [0.29, 0.717) is 23.3 Å². The maximum atomic E-state index is 5.64. The average molecular weight is 253 g/mol. The predicted octanol–water partition coefficient (Wildman–Crippen LogP) is 2.27. The van der Waals surface area contributed by atoms with Gasteiger partial charge in [-0.05, 0) is 12.1 Å². The van der Waals surface area contributed by atoms with Gasteiger partial charge in [0.15, 0.2) is 11.6 Å². The molecule has 7 heteroatoms. The van der Waals surface area contributed by atoms with Crippen LogP contribution < -0.4 is 0 Å². The fourth-order valence-corrected chi connectivity index (χ4v) is 1.82. The summed E-state index contributed by atoms with van der Waals surface area (Å²) in [6.45, 7) is 0. The number of benzene rings is 1. The Morgan fingerprint density at radius 3 is 2.95 bits per heavy atom. The van der Waals surface area contributed by atoms with Crippen molar-refractivity contribution in [3.8, 4) is 23.3 Å². The highest BCUT2D eigenvalue weighted by atomic mass is 16.5. The van der Waals surface area contributed by atoms with Gasteiger partial charge < -0.3 is 8.94 Å². The van der Waals surface area contributed by atoms with Crippen molar-refractivity contribution < 1.29 is 8.94 Å². The van der Waals surface area contributed by atoms with Crippen LogP contribution in [-0.4, -0.2) is 25.3 Å². The molecular weight excluding hydrogens is 246 g/mol. The van der Waals surface area contributed by atoms with Gasteiger partial charge in [-0.2, -0.15) is 10.1 Å². The van der Waals surface area contributed by atoms with E-state index in [0.717, 1.165) is 11.0 Å². The molecule has 3 heterocycles. The standard InChI is InChI=1S/C12H7N5O2/c1-2-4-8-7(3-1)5-9(18-8)12-15-11(17-19-12)10-13-6-14-16-10/h1-6H,(H,13,14,16). The van der Waals surface area contributed by atoms with Gasteiger partial charge in [-0.3, -0.25) is 5.10 Å². The van der Waals surface area contributed by atoms with Crippen molar-refractivity contribution >= 4 is 11.0 Å². The predicted molar refractivity (Wildman–Crippen MR) is 64.9 cm³/mol. The smallest absolute Gasteiger partial charge is 0.294 e. The molecule has 0 fully saturated rings. The molecule has 7 nitrogen and oxygen atoms in total. The molecule has 0 atom stereocenters. The molecule has 0 radical (unpaired) electrons. The van der Waals surface area contributed by atoms with Gasteiger partial charge in [-0.1, -0.05) is 23.4 Å². The first-order valence-electron chi connectivity index (χ1n) is 5.58. The third kappa shape index (κ3) is 1.60. The normalized spacial score (nSPS) is 11.2. The lowest BCUT2D eigenvalue weighted by atomic mass is 10.2. The number of hydrogen-bond acceptors (Lipinski definition) is 6. The van der Waals surface area contributed by atoms with Gasteiger partial charge in [0.2, 0.25) is 5.82 Å². The molecule has 4 rings (SSSR count). The zero-order valence-corrected chi connectivity index (χ0v) is 9.57. The Kier molecular flexibility index (Phi) is 1.99. The summed E-state index contributed by atoms with van der Waals surface area (Å²) in [7, 11) is 0. The number of aromatic amines is 1. The second-order valence-electron chi connectivity index (χ2n) is 3.91. The quantitative estimate of drug-likeness (QED) is 0.589. The number of rotatable bonds is 2. The topological polar surface area (TPSA) is 93.6 Å². The average Bonchev–Trinajstić information content (AvgIpc) is 3.17. The minimum absolute atomic E-state index is 0.308. The third-order valence-corrected chi connectivity index (χ3v) is 2.69. The highest BCUT2D eigenvalue weighted by molar-refractivity contribution is 5.81. The van der Waals surface area contributed by atoms with Crippen LogP contribution in [-0.2, 0) is 0 Å². The molecule has 0 aliphatic carbocycles. The first-order chi connectivity index (χ1) is 9.40. The molecule has 19 heavy (non-hydrogen) atoms. The van der Waals surface area contributed by atoms with Gasteiger partial charge in [0, 0.05) is 5.39 Å². The highest BCUT2D eigenvalue weighted by Crippen LogP contribution is 2.27. The van der Waals surface area contributed by atoms with E-state index in [1.165, 1.54) is 6.33 Å². The molecule has 0 aliphatic rings. The van der Waals surface area contributed by atoms with Gasteiger partial charge in [0.1, 0.15) is 11.9 Å². The van der Waals surface area contributed by atoms with E-state index in [4.69, 9.17) is 8.94 Å². The van der Waals surface area contributed by atoms with Crippen LogP contribution in [0.2, 0.25) is 0 Å². The summed E-state index contributed by atoms with van der Waals surface area (Å²) in [5.74, 6) is 1.63. The number of nitrogens with zero attached hydrogens (tertiary/aromatic N) is 4. The Morgan fingerprint density at radius 1 is 1.16 bits per heavy atom. The van der Waals surface area contributed by atoms with E-state index in [1.54, 1.807) is 0 Å². The lowest BCUT2D eigenvalue weighted by molar-refractivity contribution is 0.419. The van der Waals surface area contributed by atoms with Crippen LogP contribution in [0.4, 0.5) is 0 Å². The summed E-state index contributed by atoms with van der Waals surface area (Å²) in [6.07, 6.45) is 1.38. The van der Waals surface area contributed by atoms with Crippen molar-refractivity contribution in [1.29, 1.82) is 0 Å². The molecule has 0 saturated heterocycles. The van der Waals surface area contributed by atoms with E-state index in [2.05, 4.69) is 25.3 Å². The number of H-pyrrole nitrogens is 1. The van der Waals surface area contributed by atoms with Gasteiger partial charge in [0.05, 0.1) is 0 Å². The van der Waals surface area contributed by atoms with Crippen LogP contribution in [0.25, 0.3) is 34.3 Å². The van der Waals surface area contributed by atoms with Gasteiger partial charge in [-0.15, -0.1) is 0 Å². The highest BCUT2D eigenvalue weighted by Gasteiger charge is 2.15. The molecule has 92 valence electrons. The van der Waals surface area contributed by atoms with Crippen molar-refractivity contribution in [3.05, 3.63) is 36.7 Å². The molecule has 1 aromatic carbocycles. The van der Waals surface area contributed by atoms with E-state index in [9.17, 15) is 0 Å². The van der Waals surface area contributed by atoms with Crippen molar-refractivity contribution in [2.24, 2.45) is 0 Å². The summed E-state index contributed by atoms with van der Waals surface area (Å²) in [4.78, 5) is 8.17. The monoisotopic (exact) mass is 253 g/mol. The van der Waals surface area contributed by atoms with Crippen molar-refractivity contribution in [2.45, 2.75) is 0 Å². The Labute approximate surface area is 106 Å². The number of para-hydroxylation sites is 1. The Hall–Kier alpha value is -2.96. The first-order valence-corrected chi connectivity index (χ1v) is 5.58. The summed E-state index contributed by atoms with van der Waals surface area (Å²) < 4.78 is 10.8. The van der Waals surface area contributed by atoms with Crippen molar-refractivity contribution in [2.75, 3.05) is 0 Å². The van der Waals surface area contributed by atoms with Crippen LogP contribution >= 0.6 is 0 Å². The molecule has 0 spiro atoms. The number of nitrogens with one attached hydrogen (secondary N) is 1. The molecule has 1 N–H and O–H groups in total. The van der Waals surface area contributed by atoms with E-state index >= 15 is 0 Å². The van der Waals surface area contributed by atoms with E-state index in [-0.39, 0.29) is 0 Å². The second-order valence-corrected chi connectivity index (χ2v) is 3.91. The number of furan rings is 1. The van der Waals surface area contributed by atoms with Crippen LogP contribution in [0, 0.1) is 0 Å². The molecule has 0 unspecified atom stereocenters. The molecule has 4 aromatic rings. The van der Waals surface area contributed by atoms with Gasteiger partial charge >= 0.3 is 0 Å². The number of aromatic nitrogens is 5. The first kappa shape index (κ1) is 10.0. The van der Waals surface area contributed by atoms with Crippen LogP contribution in [0.15, 0.2) is 45.6 Å². The molecule has 0 bridgehead atoms. The largest absolute Gasteiger partial charge is 0.451 e. The summed E-state index contributed by atoms with van der Waals surface area (Å²) >= 11 is 0. The fraction of sp³-hybridized carbons (Fsp3) is 0. The Bertz CT molecular complexity index is 798. The minimum atomic E-state index is 0.308. The summed E-state index contributed by atoms with van der Waals surface area (Å²) in [5, 5.41) is 11.2. The molecule has 0 amide bonds.